The Labute approximate surface area is 135 Å². The van der Waals surface area contributed by atoms with Gasteiger partial charge < -0.3 is 9.80 Å². The Kier molecular flexibility index (Phi) is 8.34. The Bertz CT molecular complexity index is 495. The zero-order valence-corrected chi connectivity index (χ0v) is 15.9. The van der Waals surface area contributed by atoms with Crippen LogP contribution >= 0.6 is 12.2 Å². The maximum atomic E-state index is 11.9. The van der Waals surface area contributed by atoms with Crippen LogP contribution in [0.3, 0.4) is 0 Å². The highest BCUT2D eigenvalue weighted by Crippen LogP contribution is 2.32. The third-order valence-corrected chi connectivity index (χ3v) is 3.97. The first-order valence-electron chi connectivity index (χ1n) is 7.93. The van der Waals surface area contributed by atoms with Crippen molar-refractivity contribution in [3.05, 3.63) is 20.3 Å². The van der Waals surface area contributed by atoms with Crippen LogP contribution in [-0.2, 0) is 5.41 Å². The third kappa shape index (κ3) is 5.19. The molecule has 21 heavy (non-hydrogen) atoms. The molecule has 3 nitrogen and oxygen atoms in total. The van der Waals surface area contributed by atoms with Gasteiger partial charge in [0.25, 0.3) is 0 Å². The summed E-state index contributed by atoms with van der Waals surface area (Å²) in [6.45, 7) is 15.4. The van der Waals surface area contributed by atoms with Crippen LogP contribution in [-0.4, -0.2) is 38.6 Å². The van der Waals surface area contributed by atoms with Gasteiger partial charge in [-0.15, -0.1) is 0 Å². The van der Waals surface area contributed by atoms with Crippen LogP contribution in [0.1, 0.15) is 53.5 Å². The molecular formula is C17H32N2OS. The van der Waals surface area contributed by atoms with Crippen LogP contribution in [0.5, 0.6) is 0 Å². The lowest BCUT2D eigenvalue weighted by atomic mass is 9.82. The van der Waals surface area contributed by atoms with Crippen molar-refractivity contribution in [3.8, 4) is 0 Å². The lowest BCUT2D eigenvalue weighted by Crippen LogP contribution is -2.36. The van der Waals surface area contributed by atoms with Crippen LogP contribution in [0.15, 0.2) is 4.79 Å². The average molecular weight is 313 g/mol. The molecule has 1 aromatic carbocycles. The van der Waals surface area contributed by atoms with Crippen LogP contribution in [0.4, 0.5) is 5.69 Å². The fraction of sp³-hybridized carbons (Fsp3) is 0.765. The number of anilines is 1. The quantitative estimate of drug-likeness (QED) is 0.746. The molecule has 0 N–H and O–H groups in total. The van der Waals surface area contributed by atoms with E-state index >= 15 is 0 Å². The number of hydrogen-bond donors (Lipinski definition) is 0. The van der Waals surface area contributed by atoms with Crippen molar-refractivity contribution < 1.29 is 0 Å². The summed E-state index contributed by atoms with van der Waals surface area (Å²) >= 11 is 5.22. The molecule has 0 amide bonds. The maximum absolute atomic E-state index is 11.9. The molecular weight excluding hydrogens is 280 g/mol. The van der Waals surface area contributed by atoms with E-state index in [1.165, 1.54) is 0 Å². The van der Waals surface area contributed by atoms with E-state index in [4.69, 9.17) is 12.2 Å². The van der Waals surface area contributed by atoms with E-state index in [1.807, 2.05) is 20.9 Å². The molecule has 0 unspecified atom stereocenters. The largest absolute Gasteiger partial charge is 0.373 e. The van der Waals surface area contributed by atoms with Gasteiger partial charge in [0.05, 0.1) is 5.69 Å². The number of nitrogens with zero attached hydrogens (tertiary/aromatic N) is 2. The van der Waals surface area contributed by atoms with Crippen LogP contribution in [0.2, 0.25) is 0 Å². The normalized spacial score (nSPS) is 11.5. The van der Waals surface area contributed by atoms with Crippen molar-refractivity contribution in [2.45, 2.75) is 53.4 Å². The second-order valence-electron chi connectivity index (χ2n) is 6.30. The molecule has 0 aliphatic rings. The fourth-order valence-electron chi connectivity index (χ4n) is 2.29. The minimum atomic E-state index is -0.122. The van der Waals surface area contributed by atoms with Crippen molar-refractivity contribution in [2.24, 2.45) is 0 Å². The molecule has 0 saturated heterocycles. The molecule has 0 spiro atoms. The number of rotatable bonds is 6. The molecule has 0 fully saturated rings. The van der Waals surface area contributed by atoms with Gasteiger partial charge in [-0.1, -0.05) is 53.8 Å². The van der Waals surface area contributed by atoms with Crippen LogP contribution < -0.4 is 10.3 Å². The van der Waals surface area contributed by atoms with Crippen molar-refractivity contribution in [3.63, 3.8) is 0 Å². The molecule has 0 saturated carbocycles. The van der Waals surface area contributed by atoms with Crippen molar-refractivity contribution in [1.29, 1.82) is 0 Å². The Hall–Kier alpha value is -0.740. The molecule has 0 heterocycles. The highest BCUT2D eigenvalue weighted by atomic mass is 32.1. The van der Waals surface area contributed by atoms with Crippen molar-refractivity contribution in [2.75, 3.05) is 38.6 Å². The monoisotopic (exact) mass is 312 g/mol. The van der Waals surface area contributed by atoms with Crippen molar-refractivity contribution in [1.82, 2.24) is 4.90 Å². The average Bonchev–Trinajstić information content (AvgIpc) is 2.43. The molecule has 0 radical (unpaired) electrons. The van der Waals surface area contributed by atoms with Gasteiger partial charge in [-0.3, -0.25) is 4.79 Å². The first-order chi connectivity index (χ1) is 9.70. The Morgan fingerprint density at radius 1 is 1.10 bits per heavy atom. The zero-order valence-electron chi connectivity index (χ0n) is 15.0. The van der Waals surface area contributed by atoms with E-state index in [2.05, 4.69) is 44.5 Å². The molecule has 0 aliphatic carbocycles. The fourth-order valence-corrected chi connectivity index (χ4v) is 2.65. The predicted molar refractivity (Wildman–Crippen MR) is 97.0 cm³/mol. The van der Waals surface area contributed by atoms with Gasteiger partial charge in [-0.05, 0) is 32.0 Å². The standard InChI is InChI=1S/C15H26N2OS.C2H6/c1-7-16(5)9-8-10-17(6)12-11(15(2,3)4)13(18)14(12)19;1-2/h7-10H2,1-6H3;1-2H3. The van der Waals surface area contributed by atoms with Gasteiger partial charge in [-0.2, -0.15) is 0 Å². The van der Waals surface area contributed by atoms with E-state index in [9.17, 15) is 4.79 Å². The molecule has 1 rings (SSSR count). The van der Waals surface area contributed by atoms with E-state index < -0.39 is 0 Å². The van der Waals surface area contributed by atoms with Crippen molar-refractivity contribution >= 4 is 17.9 Å². The summed E-state index contributed by atoms with van der Waals surface area (Å²) in [6.07, 6.45) is 1.08. The lowest BCUT2D eigenvalue weighted by Gasteiger charge is -2.31. The SMILES string of the molecule is CC.CCN(C)CCCN(C)c1c(C(C)(C)C)c(=O)c1=S. The van der Waals surface area contributed by atoms with E-state index in [-0.39, 0.29) is 10.8 Å². The minimum absolute atomic E-state index is 0.0648. The Morgan fingerprint density at radius 2 is 1.62 bits per heavy atom. The van der Waals surface area contributed by atoms with Gasteiger partial charge in [0.1, 0.15) is 4.51 Å². The topological polar surface area (TPSA) is 23.6 Å². The second kappa shape index (κ2) is 8.64. The van der Waals surface area contributed by atoms with E-state index in [0.717, 1.165) is 37.3 Å². The molecule has 0 aromatic heterocycles. The smallest absolute Gasteiger partial charge is 0.204 e. The molecule has 4 heteroatoms. The Balaban J connectivity index is 0.00000191. The minimum Gasteiger partial charge on any atom is -0.373 e. The molecule has 1 aromatic rings. The van der Waals surface area contributed by atoms with E-state index in [0.29, 0.717) is 4.51 Å². The first-order valence-corrected chi connectivity index (χ1v) is 8.34. The first kappa shape index (κ1) is 20.3. The third-order valence-electron chi connectivity index (χ3n) is 3.59. The summed E-state index contributed by atoms with van der Waals surface area (Å²) in [7, 11) is 4.16. The summed E-state index contributed by atoms with van der Waals surface area (Å²) in [5.41, 5.74) is 1.83. The van der Waals surface area contributed by atoms with Gasteiger partial charge in [0.2, 0.25) is 5.43 Å². The molecule has 0 aliphatic heterocycles. The molecule has 0 bridgehead atoms. The zero-order chi connectivity index (χ0) is 16.8. The summed E-state index contributed by atoms with van der Waals surface area (Å²) < 4.78 is 0.510. The maximum Gasteiger partial charge on any atom is 0.204 e. The van der Waals surface area contributed by atoms with Crippen LogP contribution in [0.25, 0.3) is 0 Å². The molecule has 122 valence electrons. The highest BCUT2D eigenvalue weighted by molar-refractivity contribution is 7.71. The van der Waals surface area contributed by atoms with Crippen LogP contribution in [0, 0.1) is 4.51 Å². The van der Waals surface area contributed by atoms with Gasteiger partial charge in [0, 0.05) is 19.2 Å². The Morgan fingerprint density at radius 3 is 2.05 bits per heavy atom. The van der Waals surface area contributed by atoms with Gasteiger partial charge in [-0.25, -0.2) is 0 Å². The lowest BCUT2D eigenvalue weighted by molar-refractivity contribution is 0.348. The summed E-state index contributed by atoms with van der Waals surface area (Å²) in [5.74, 6) is 0. The van der Waals surface area contributed by atoms with Gasteiger partial charge >= 0.3 is 0 Å². The summed E-state index contributed by atoms with van der Waals surface area (Å²) in [5, 5.41) is 0. The number of hydrogen-bond acceptors (Lipinski definition) is 4. The predicted octanol–water partition coefficient (Wildman–Crippen LogP) is 3.75. The summed E-state index contributed by atoms with van der Waals surface area (Å²) in [6, 6.07) is 0. The van der Waals surface area contributed by atoms with Gasteiger partial charge in [0.15, 0.2) is 0 Å². The van der Waals surface area contributed by atoms with E-state index in [1.54, 1.807) is 0 Å². The molecule has 0 atom stereocenters. The second-order valence-corrected chi connectivity index (χ2v) is 6.71. The summed E-state index contributed by atoms with van der Waals surface area (Å²) in [4.78, 5) is 16.4. The highest BCUT2D eigenvalue weighted by Gasteiger charge is 2.29.